The SMILES string of the molecule is O=C(Cc1cccc([N+](=O)[O-])c1)NCCc1n[nH]c(=O)[nH]1. The summed E-state index contributed by atoms with van der Waals surface area (Å²) in [6.07, 6.45) is 0.443. The minimum atomic E-state index is -0.505. The van der Waals surface area contributed by atoms with Gasteiger partial charge in [-0.3, -0.25) is 19.9 Å². The summed E-state index contributed by atoms with van der Waals surface area (Å²) in [5.74, 6) is 0.198. The van der Waals surface area contributed by atoms with Crippen LogP contribution in [0.5, 0.6) is 0 Å². The summed E-state index contributed by atoms with van der Waals surface area (Å²) >= 11 is 0. The van der Waals surface area contributed by atoms with Crippen LogP contribution >= 0.6 is 0 Å². The Bertz CT molecular complexity index is 705. The predicted molar refractivity (Wildman–Crippen MR) is 72.7 cm³/mol. The highest BCUT2D eigenvalue weighted by Crippen LogP contribution is 2.13. The molecule has 0 aliphatic heterocycles. The van der Waals surface area contributed by atoms with Gasteiger partial charge in [-0.25, -0.2) is 9.89 Å². The molecule has 1 aromatic heterocycles. The number of rotatable bonds is 6. The monoisotopic (exact) mass is 291 g/mol. The number of hydrogen-bond acceptors (Lipinski definition) is 5. The molecule has 0 fully saturated rings. The normalized spacial score (nSPS) is 10.3. The van der Waals surface area contributed by atoms with Gasteiger partial charge in [0.15, 0.2) is 0 Å². The summed E-state index contributed by atoms with van der Waals surface area (Å²) in [6.45, 7) is 0.314. The van der Waals surface area contributed by atoms with Gasteiger partial charge < -0.3 is 5.32 Å². The molecule has 0 unspecified atom stereocenters. The third-order valence-corrected chi connectivity index (χ3v) is 2.72. The number of benzene rings is 1. The van der Waals surface area contributed by atoms with Gasteiger partial charge >= 0.3 is 5.69 Å². The molecule has 0 saturated heterocycles. The van der Waals surface area contributed by atoms with Crippen LogP contribution in [0.1, 0.15) is 11.4 Å². The van der Waals surface area contributed by atoms with E-state index in [1.54, 1.807) is 6.07 Å². The first-order chi connectivity index (χ1) is 10.0. The van der Waals surface area contributed by atoms with Crippen molar-refractivity contribution >= 4 is 11.6 Å². The van der Waals surface area contributed by atoms with Crippen LogP contribution in [0.3, 0.4) is 0 Å². The minimum Gasteiger partial charge on any atom is -0.355 e. The Hall–Kier alpha value is -2.97. The second-order valence-corrected chi connectivity index (χ2v) is 4.33. The molecule has 0 saturated carbocycles. The fourth-order valence-corrected chi connectivity index (χ4v) is 1.77. The highest BCUT2D eigenvalue weighted by Gasteiger charge is 2.09. The lowest BCUT2D eigenvalue weighted by molar-refractivity contribution is -0.384. The molecule has 1 amide bonds. The standard InChI is InChI=1S/C12H13N5O4/c18-11(13-5-4-10-14-12(19)16-15-10)7-8-2-1-3-9(6-8)17(20)21/h1-3,6H,4-5,7H2,(H,13,18)(H2,14,15,16,19). The molecule has 0 radical (unpaired) electrons. The Kier molecular flexibility index (Phi) is 4.44. The number of carbonyl (C=O) groups excluding carboxylic acids is 1. The van der Waals surface area contributed by atoms with E-state index in [-0.39, 0.29) is 18.0 Å². The maximum absolute atomic E-state index is 11.7. The third-order valence-electron chi connectivity index (χ3n) is 2.72. The fourth-order valence-electron chi connectivity index (χ4n) is 1.77. The van der Waals surface area contributed by atoms with Gasteiger partial charge in [0.25, 0.3) is 5.69 Å². The summed E-state index contributed by atoms with van der Waals surface area (Å²) in [5.41, 5.74) is 0.122. The zero-order chi connectivity index (χ0) is 15.2. The van der Waals surface area contributed by atoms with Gasteiger partial charge in [-0.1, -0.05) is 12.1 Å². The van der Waals surface area contributed by atoms with E-state index in [2.05, 4.69) is 20.5 Å². The first-order valence-electron chi connectivity index (χ1n) is 6.18. The zero-order valence-electron chi connectivity index (χ0n) is 11.0. The van der Waals surface area contributed by atoms with Crippen LogP contribution in [0.2, 0.25) is 0 Å². The van der Waals surface area contributed by atoms with E-state index < -0.39 is 10.6 Å². The van der Waals surface area contributed by atoms with Crippen LogP contribution in [0.15, 0.2) is 29.1 Å². The molecule has 110 valence electrons. The number of aromatic amines is 2. The van der Waals surface area contributed by atoms with Crippen molar-refractivity contribution in [3.05, 3.63) is 56.3 Å². The molecule has 1 aromatic carbocycles. The van der Waals surface area contributed by atoms with E-state index in [0.717, 1.165) is 0 Å². The average molecular weight is 291 g/mol. The number of amides is 1. The highest BCUT2D eigenvalue weighted by atomic mass is 16.6. The van der Waals surface area contributed by atoms with Crippen molar-refractivity contribution in [1.82, 2.24) is 20.5 Å². The summed E-state index contributed by atoms with van der Waals surface area (Å²) in [5, 5.41) is 19.2. The summed E-state index contributed by atoms with van der Waals surface area (Å²) < 4.78 is 0. The maximum Gasteiger partial charge on any atom is 0.340 e. The van der Waals surface area contributed by atoms with Crippen molar-refractivity contribution in [2.75, 3.05) is 6.54 Å². The average Bonchev–Trinajstić information content (AvgIpc) is 2.84. The zero-order valence-corrected chi connectivity index (χ0v) is 11.0. The van der Waals surface area contributed by atoms with Crippen LogP contribution in [0, 0.1) is 10.1 Å². The molecular weight excluding hydrogens is 278 g/mol. The van der Waals surface area contributed by atoms with Crippen molar-refractivity contribution in [2.24, 2.45) is 0 Å². The van der Waals surface area contributed by atoms with Crippen LogP contribution in [-0.4, -0.2) is 32.6 Å². The Labute approximate surface area is 118 Å². The molecule has 2 aromatic rings. The van der Waals surface area contributed by atoms with E-state index in [9.17, 15) is 19.7 Å². The molecular formula is C12H13N5O4. The predicted octanol–water partition coefficient (Wildman–Crippen LogP) is -0.0924. The largest absolute Gasteiger partial charge is 0.355 e. The lowest BCUT2D eigenvalue weighted by Crippen LogP contribution is -2.27. The van der Waals surface area contributed by atoms with E-state index in [1.165, 1.54) is 18.2 Å². The highest BCUT2D eigenvalue weighted by molar-refractivity contribution is 5.78. The van der Waals surface area contributed by atoms with Gasteiger partial charge in [-0.15, -0.1) is 0 Å². The van der Waals surface area contributed by atoms with Crippen LogP contribution in [-0.2, 0) is 17.6 Å². The van der Waals surface area contributed by atoms with Gasteiger partial charge in [0.2, 0.25) is 5.91 Å². The summed E-state index contributed by atoms with van der Waals surface area (Å²) in [6, 6.07) is 5.92. The van der Waals surface area contributed by atoms with Crippen LogP contribution in [0.4, 0.5) is 5.69 Å². The van der Waals surface area contributed by atoms with Crippen molar-refractivity contribution in [3.63, 3.8) is 0 Å². The molecule has 9 heteroatoms. The molecule has 0 bridgehead atoms. The van der Waals surface area contributed by atoms with Crippen LogP contribution in [0.25, 0.3) is 0 Å². The summed E-state index contributed by atoms with van der Waals surface area (Å²) in [4.78, 5) is 35.1. The minimum absolute atomic E-state index is 0.0469. The smallest absolute Gasteiger partial charge is 0.340 e. The van der Waals surface area contributed by atoms with E-state index in [1.807, 2.05) is 0 Å². The van der Waals surface area contributed by atoms with Gasteiger partial charge in [-0.2, -0.15) is 5.10 Å². The summed E-state index contributed by atoms with van der Waals surface area (Å²) in [7, 11) is 0. The first-order valence-corrected chi connectivity index (χ1v) is 6.18. The van der Waals surface area contributed by atoms with Gasteiger partial charge in [0.05, 0.1) is 11.3 Å². The Morgan fingerprint density at radius 1 is 1.43 bits per heavy atom. The molecule has 1 heterocycles. The number of H-pyrrole nitrogens is 2. The quantitative estimate of drug-likeness (QED) is 0.505. The number of nitro benzene ring substituents is 1. The van der Waals surface area contributed by atoms with Crippen molar-refractivity contribution < 1.29 is 9.72 Å². The third kappa shape index (κ3) is 4.27. The molecule has 0 aliphatic rings. The lowest BCUT2D eigenvalue weighted by atomic mass is 10.1. The Morgan fingerprint density at radius 2 is 2.24 bits per heavy atom. The van der Waals surface area contributed by atoms with Gasteiger partial charge in [-0.05, 0) is 5.56 Å². The van der Waals surface area contributed by atoms with Crippen molar-refractivity contribution in [1.29, 1.82) is 0 Å². The second-order valence-electron chi connectivity index (χ2n) is 4.33. The van der Waals surface area contributed by atoms with Crippen LogP contribution < -0.4 is 11.0 Å². The number of nitrogens with one attached hydrogen (secondary N) is 3. The molecule has 0 atom stereocenters. The van der Waals surface area contributed by atoms with Crippen molar-refractivity contribution in [2.45, 2.75) is 12.8 Å². The van der Waals surface area contributed by atoms with E-state index >= 15 is 0 Å². The second kappa shape index (κ2) is 6.46. The Morgan fingerprint density at radius 3 is 2.90 bits per heavy atom. The number of nitrogens with zero attached hydrogens (tertiary/aromatic N) is 2. The molecule has 3 N–H and O–H groups in total. The number of hydrogen-bond donors (Lipinski definition) is 3. The lowest BCUT2D eigenvalue weighted by Gasteiger charge is -2.04. The van der Waals surface area contributed by atoms with Crippen molar-refractivity contribution in [3.8, 4) is 0 Å². The van der Waals surface area contributed by atoms with E-state index in [4.69, 9.17) is 0 Å². The van der Waals surface area contributed by atoms with Gasteiger partial charge in [0, 0.05) is 25.1 Å². The van der Waals surface area contributed by atoms with Gasteiger partial charge in [0.1, 0.15) is 5.82 Å². The number of nitro groups is 1. The number of carbonyl (C=O) groups is 1. The Balaban J connectivity index is 1.83. The first kappa shape index (κ1) is 14.4. The number of non-ortho nitro benzene ring substituents is 1. The topological polar surface area (TPSA) is 134 Å². The maximum atomic E-state index is 11.7. The molecule has 21 heavy (non-hydrogen) atoms. The van der Waals surface area contributed by atoms with E-state index in [0.29, 0.717) is 24.4 Å². The number of aromatic nitrogens is 3. The molecule has 9 nitrogen and oxygen atoms in total. The molecule has 0 spiro atoms. The molecule has 0 aliphatic carbocycles. The fraction of sp³-hybridized carbons (Fsp3) is 0.250. The molecule has 2 rings (SSSR count).